The number of rotatable bonds is 8. The number of hydrogen-bond donors (Lipinski definition) is 0. The third kappa shape index (κ3) is 6.42. The number of benzene rings is 10. The Bertz CT molecular complexity index is 3100. The second kappa shape index (κ2) is 15.4. The minimum Gasteiger partial charge on any atom is -0.311 e. The largest absolute Gasteiger partial charge is 0.311 e. The van der Waals surface area contributed by atoms with E-state index in [9.17, 15) is 0 Å². The summed E-state index contributed by atoms with van der Waals surface area (Å²) in [5, 5.41) is 2.58. The minimum atomic E-state index is -0.167. The summed E-state index contributed by atoms with van der Waals surface area (Å²) in [6.07, 6.45) is 0. The van der Waals surface area contributed by atoms with E-state index in [2.05, 4.69) is 255 Å². The SMILES string of the molecule is CC1(C)c2ccccc2-c2c(-c3ccc(-c4ccccc4)cc3)c(-c3ccc(N(c4ccc(-c5ccccc5)cc4)c4ccc(-c5ccccc5)cc4)cc3)c3ccccc3c21. The van der Waals surface area contributed by atoms with E-state index in [-0.39, 0.29) is 5.41 Å². The van der Waals surface area contributed by atoms with Crippen LogP contribution < -0.4 is 4.90 Å². The van der Waals surface area contributed by atoms with E-state index >= 15 is 0 Å². The molecule has 294 valence electrons. The zero-order valence-corrected chi connectivity index (χ0v) is 35.0. The standard InChI is InChI=1S/C61H45N/c1-61(2)56-25-15-14-24-55(56)59-58(49-28-26-45(27-29-49)42-16-6-3-7-17-42)57(53-22-12-13-23-54(53)60(59)61)48-34-40-52(41-35-48)62(50-36-30-46(31-37-50)43-18-8-4-9-19-43)51-38-32-47(33-39-51)44-20-10-5-11-21-44/h3-41H,1-2H3. The summed E-state index contributed by atoms with van der Waals surface area (Å²) >= 11 is 0. The van der Waals surface area contributed by atoms with E-state index in [1.807, 2.05) is 0 Å². The van der Waals surface area contributed by atoms with Crippen molar-refractivity contribution in [2.24, 2.45) is 0 Å². The Morgan fingerprint density at radius 3 is 1.10 bits per heavy atom. The lowest BCUT2D eigenvalue weighted by Crippen LogP contribution is -2.15. The molecule has 0 saturated carbocycles. The zero-order valence-electron chi connectivity index (χ0n) is 35.0. The van der Waals surface area contributed by atoms with Crippen molar-refractivity contribution in [1.82, 2.24) is 0 Å². The lowest BCUT2D eigenvalue weighted by atomic mass is 9.77. The molecule has 0 spiro atoms. The van der Waals surface area contributed by atoms with Crippen molar-refractivity contribution in [2.45, 2.75) is 19.3 Å². The zero-order chi connectivity index (χ0) is 41.6. The molecule has 0 saturated heterocycles. The highest BCUT2D eigenvalue weighted by Crippen LogP contribution is 2.58. The summed E-state index contributed by atoms with van der Waals surface area (Å²) in [7, 11) is 0. The van der Waals surface area contributed by atoms with E-state index in [4.69, 9.17) is 0 Å². The van der Waals surface area contributed by atoms with Gasteiger partial charge in [0.05, 0.1) is 0 Å². The molecule has 0 heterocycles. The summed E-state index contributed by atoms with van der Waals surface area (Å²) in [6, 6.07) is 86.4. The molecule has 0 unspecified atom stereocenters. The summed E-state index contributed by atoms with van der Waals surface area (Å²) in [5.41, 5.74) is 20.8. The van der Waals surface area contributed by atoms with Crippen LogP contribution in [0.3, 0.4) is 0 Å². The van der Waals surface area contributed by atoms with Crippen LogP contribution in [0.1, 0.15) is 25.0 Å². The second-order valence-corrected chi connectivity index (χ2v) is 16.9. The third-order valence-electron chi connectivity index (χ3n) is 12.9. The Balaban J connectivity index is 1.09. The molecule has 0 atom stereocenters. The monoisotopic (exact) mass is 791 g/mol. The molecule has 62 heavy (non-hydrogen) atoms. The van der Waals surface area contributed by atoms with Crippen molar-refractivity contribution >= 4 is 27.8 Å². The number of anilines is 3. The molecule has 10 aromatic rings. The Labute approximate surface area is 364 Å². The van der Waals surface area contributed by atoms with E-state index in [0.717, 1.165) is 17.1 Å². The molecule has 1 heteroatoms. The van der Waals surface area contributed by atoms with Crippen LogP contribution in [-0.2, 0) is 5.41 Å². The molecule has 0 radical (unpaired) electrons. The van der Waals surface area contributed by atoms with Gasteiger partial charge in [-0.05, 0) is 125 Å². The summed E-state index contributed by atoms with van der Waals surface area (Å²) in [4.78, 5) is 2.37. The van der Waals surface area contributed by atoms with Crippen molar-refractivity contribution in [2.75, 3.05) is 4.90 Å². The average molecular weight is 792 g/mol. The Morgan fingerprint density at radius 1 is 0.274 bits per heavy atom. The normalized spacial score (nSPS) is 12.5. The van der Waals surface area contributed by atoms with Crippen molar-refractivity contribution in [3.63, 3.8) is 0 Å². The average Bonchev–Trinajstić information content (AvgIpc) is 3.59. The van der Waals surface area contributed by atoms with Gasteiger partial charge in [-0.25, -0.2) is 0 Å². The van der Waals surface area contributed by atoms with Gasteiger partial charge in [0.2, 0.25) is 0 Å². The van der Waals surface area contributed by atoms with E-state index < -0.39 is 0 Å². The first kappa shape index (κ1) is 37.3. The van der Waals surface area contributed by atoms with Gasteiger partial charge in [0.1, 0.15) is 0 Å². The van der Waals surface area contributed by atoms with Crippen molar-refractivity contribution in [3.8, 4) is 66.8 Å². The second-order valence-electron chi connectivity index (χ2n) is 16.9. The fourth-order valence-corrected chi connectivity index (χ4v) is 9.88. The third-order valence-corrected chi connectivity index (χ3v) is 12.9. The van der Waals surface area contributed by atoms with Crippen LogP contribution in [0.2, 0.25) is 0 Å². The van der Waals surface area contributed by atoms with Gasteiger partial charge in [-0.15, -0.1) is 0 Å². The van der Waals surface area contributed by atoms with Crippen molar-refractivity contribution in [3.05, 3.63) is 248 Å². The van der Waals surface area contributed by atoms with Gasteiger partial charge < -0.3 is 4.90 Å². The van der Waals surface area contributed by atoms with Gasteiger partial charge in [-0.1, -0.05) is 214 Å². The Hall–Kier alpha value is -7.74. The van der Waals surface area contributed by atoms with Gasteiger partial charge in [0.25, 0.3) is 0 Å². The molecule has 1 nitrogen and oxygen atoms in total. The first-order valence-corrected chi connectivity index (χ1v) is 21.6. The number of fused-ring (bicyclic) bond motifs is 5. The lowest BCUT2D eigenvalue weighted by Gasteiger charge is -2.27. The first-order chi connectivity index (χ1) is 30.5. The molecule has 0 bridgehead atoms. The Kier molecular flexibility index (Phi) is 9.24. The van der Waals surface area contributed by atoms with Gasteiger partial charge in [0, 0.05) is 22.5 Å². The molecule has 1 aliphatic rings. The maximum atomic E-state index is 2.40. The van der Waals surface area contributed by atoms with Crippen LogP contribution in [0, 0.1) is 0 Å². The van der Waals surface area contributed by atoms with Crippen molar-refractivity contribution < 1.29 is 0 Å². The van der Waals surface area contributed by atoms with Crippen LogP contribution in [-0.4, -0.2) is 0 Å². The first-order valence-electron chi connectivity index (χ1n) is 21.6. The highest BCUT2D eigenvalue weighted by atomic mass is 15.1. The van der Waals surface area contributed by atoms with Gasteiger partial charge in [-0.3, -0.25) is 0 Å². The van der Waals surface area contributed by atoms with Crippen LogP contribution >= 0.6 is 0 Å². The lowest BCUT2D eigenvalue weighted by molar-refractivity contribution is 0.666. The van der Waals surface area contributed by atoms with Crippen LogP contribution in [0.5, 0.6) is 0 Å². The molecular formula is C61H45N. The van der Waals surface area contributed by atoms with E-state index in [1.165, 1.54) is 88.7 Å². The molecule has 0 aromatic heterocycles. The minimum absolute atomic E-state index is 0.167. The maximum Gasteiger partial charge on any atom is 0.0462 e. The highest BCUT2D eigenvalue weighted by Gasteiger charge is 2.40. The van der Waals surface area contributed by atoms with Crippen molar-refractivity contribution in [1.29, 1.82) is 0 Å². The van der Waals surface area contributed by atoms with E-state index in [0.29, 0.717) is 0 Å². The molecular weight excluding hydrogens is 747 g/mol. The quantitative estimate of drug-likeness (QED) is 0.148. The fourth-order valence-electron chi connectivity index (χ4n) is 9.88. The fraction of sp³-hybridized carbons (Fsp3) is 0.0492. The number of hydrogen-bond acceptors (Lipinski definition) is 1. The molecule has 0 aliphatic heterocycles. The van der Waals surface area contributed by atoms with Crippen LogP contribution in [0.4, 0.5) is 17.1 Å². The van der Waals surface area contributed by atoms with Crippen LogP contribution in [0.15, 0.2) is 237 Å². The Morgan fingerprint density at radius 2 is 0.613 bits per heavy atom. The van der Waals surface area contributed by atoms with Crippen LogP contribution in [0.25, 0.3) is 77.5 Å². The van der Waals surface area contributed by atoms with Gasteiger partial charge in [-0.2, -0.15) is 0 Å². The predicted molar refractivity (Wildman–Crippen MR) is 263 cm³/mol. The maximum absolute atomic E-state index is 2.40. The molecule has 0 amide bonds. The predicted octanol–water partition coefficient (Wildman–Crippen LogP) is 17.0. The molecule has 10 aromatic carbocycles. The smallest absolute Gasteiger partial charge is 0.0462 e. The number of nitrogens with zero attached hydrogens (tertiary/aromatic N) is 1. The summed E-state index contributed by atoms with van der Waals surface area (Å²) in [5.74, 6) is 0. The van der Waals surface area contributed by atoms with Gasteiger partial charge in [0.15, 0.2) is 0 Å². The van der Waals surface area contributed by atoms with E-state index in [1.54, 1.807) is 0 Å². The highest BCUT2D eigenvalue weighted by molar-refractivity contribution is 6.14. The molecule has 11 rings (SSSR count). The molecule has 0 fully saturated rings. The summed E-state index contributed by atoms with van der Waals surface area (Å²) < 4.78 is 0. The summed E-state index contributed by atoms with van der Waals surface area (Å²) in [6.45, 7) is 4.79. The molecule has 0 N–H and O–H groups in total. The topological polar surface area (TPSA) is 3.24 Å². The van der Waals surface area contributed by atoms with Gasteiger partial charge >= 0.3 is 0 Å². The molecule has 1 aliphatic carbocycles.